The van der Waals surface area contributed by atoms with E-state index in [1.165, 1.54) is 11.3 Å². The van der Waals surface area contributed by atoms with Crippen molar-refractivity contribution in [1.29, 1.82) is 0 Å². The van der Waals surface area contributed by atoms with Crippen molar-refractivity contribution in [1.82, 2.24) is 14.6 Å². The van der Waals surface area contributed by atoms with Crippen LogP contribution in [-0.4, -0.2) is 14.6 Å². The van der Waals surface area contributed by atoms with Gasteiger partial charge in [0.2, 0.25) is 4.96 Å². The van der Waals surface area contributed by atoms with Gasteiger partial charge in [0.15, 0.2) is 3.92 Å². The van der Waals surface area contributed by atoms with Crippen molar-refractivity contribution in [3.63, 3.8) is 0 Å². The highest BCUT2D eigenvalue weighted by molar-refractivity contribution is 14.1. The highest BCUT2D eigenvalue weighted by Crippen LogP contribution is 2.22. The molecule has 6 heteroatoms. The van der Waals surface area contributed by atoms with Crippen molar-refractivity contribution in [2.45, 2.75) is 6.92 Å². The van der Waals surface area contributed by atoms with Gasteiger partial charge in [-0.15, -0.1) is 5.10 Å². The van der Waals surface area contributed by atoms with Gasteiger partial charge in [0, 0.05) is 0 Å². The molecule has 0 aromatic carbocycles. The van der Waals surface area contributed by atoms with Crippen molar-refractivity contribution < 1.29 is 0 Å². The van der Waals surface area contributed by atoms with Crippen molar-refractivity contribution in [3.05, 3.63) is 13.3 Å². The van der Waals surface area contributed by atoms with Crippen LogP contribution in [0.4, 0.5) is 0 Å². The van der Waals surface area contributed by atoms with Crippen LogP contribution in [0.5, 0.6) is 0 Å². The summed E-state index contributed by atoms with van der Waals surface area (Å²) in [4.78, 5) is 5.25. The standard InChI is InChI=1S/C5H3BrIN3S/c1-2-3(7)8-5-10(2)9-4(6)11-5/h1H3. The maximum Gasteiger partial charge on any atom is 0.214 e. The molecule has 0 bridgehead atoms. The van der Waals surface area contributed by atoms with Gasteiger partial charge in [0.1, 0.15) is 3.70 Å². The molecule has 58 valence electrons. The van der Waals surface area contributed by atoms with E-state index < -0.39 is 0 Å². The second-order valence-corrected chi connectivity index (χ2v) is 5.29. The first kappa shape index (κ1) is 7.93. The molecule has 3 nitrogen and oxygen atoms in total. The normalized spacial score (nSPS) is 11.2. The van der Waals surface area contributed by atoms with Crippen LogP contribution in [0.25, 0.3) is 4.96 Å². The predicted octanol–water partition coefficient (Wildman–Crippen LogP) is 2.47. The molecule has 0 N–H and O–H groups in total. The molecule has 11 heavy (non-hydrogen) atoms. The van der Waals surface area contributed by atoms with Crippen LogP contribution < -0.4 is 0 Å². The summed E-state index contributed by atoms with van der Waals surface area (Å²) in [6.07, 6.45) is 0. The first-order chi connectivity index (χ1) is 5.18. The Labute approximate surface area is 89.1 Å². The van der Waals surface area contributed by atoms with Gasteiger partial charge in [-0.2, -0.15) is 0 Å². The Hall–Kier alpha value is 0.310. The molecule has 0 amide bonds. The lowest BCUT2D eigenvalue weighted by molar-refractivity contribution is 0.915. The Balaban J connectivity index is 2.88. The van der Waals surface area contributed by atoms with Crippen molar-refractivity contribution in [2.24, 2.45) is 0 Å². The number of hydrogen-bond acceptors (Lipinski definition) is 3. The smallest absolute Gasteiger partial charge is 0.211 e. The van der Waals surface area contributed by atoms with E-state index in [0.29, 0.717) is 0 Å². The number of fused-ring (bicyclic) bond motifs is 1. The highest BCUT2D eigenvalue weighted by Gasteiger charge is 2.08. The monoisotopic (exact) mass is 343 g/mol. The van der Waals surface area contributed by atoms with Gasteiger partial charge in [-0.3, -0.25) is 0 Å². The van der Waals surface area contributed by atoms with E-state index in [0.717, 1.165) is 18.3 Å². The molecule has 0 spiro atoms. The minimum atomic E-state index is 0.875. The summed E-state index contributed by atoms with van der Waals surface area (Å²) >= 11 is 7.05. The Morgan fingerprint density at radius 2 is 2.36 bits per heavy atom. The molecule has 0 atom stereocenters. The van der Waals surface area contributed by atoms with Gasteiger partial charge >= 0.3 is 0 Å². The van der Waals surface area contributed by atoms with Gasteiger partial charge in [-0.1, -0.05) is 11.3 Å². The Morgan fingerprint density at radius 1 is 1.64 bits per heavy atom. The van der Waals surface area contributed by atoms with Crippen LogP contribution in [0.1, 0.15) is 5.69 Å². The summed E-state index contributed by atoms with van der Waals surface area (Å²) in [6.45, 7) is 2.01. The van der Waals surface area contributed by atoms with E-state index in [9.17, 15) is 0 Å². The summed E-state index contributed by atoms with van der Waals surface area (Å²) in [7, 11) is 0. The summed E-state index contributed by atoms with van der Waals surface area (Å²) < 4.78 is 3.74. The average molecular weight is 344 g/mol. The molecular weight excluding hydrogens is 341 g/mol. The van der Waals surface area contributed by atoms with E-state index in [-0.39, 0.29) is 0 Å². The first-order valence-electron chi connectivity index (χ1n) is 2.85. The molecule has 0 aliphatic heterocycles. The van der Waals surface area contributed by atoms with Crippen LogP contribution in [0.15, 0.2) is 3.92 Å². The van der Waals surface area contributed by atoms with E-state index in [2.05, 4.69) is 48.6 Å². The van der Waals surface area contributed by atoms with Crippen LogP contribution in [0, 0.1) is 10.6 Å². The van der Waals surface area contributed by atoms with E-state index >= 15 is 0 Å². The van der Waals surface area contributed by atoms with Gasteiger partial charge in [0.05, 0.1) is 5.69 Å². The van der Waals surface area contributed by atoms with Crippen molar-refractivity contribution in [2.75, 3.05) is 0 Å². The number of aromatic nitrogens is 3. The molecule has 0 aliphatic rings. The molecule has 2 aromatic rings. The maximum absolute atomic E-state index is 4.31. The lowest BCUT2D eigenvalue weighted by Crippen LogP contribution is -1.86. The van der Waals surface area contributed by atoms with Crippen LogP contribution >= 0.6 is 49.9 Å². The number of nitrogens with zero attached hydrogens (tertiary/aromatic N) is 3. The number of imidazole rings is 1. The molecule has 0 radical (unpaired) electrons. The molecule has 0 saturated carbocycles. The Kier molecular flexibility index (Phi) is 1.92. The highest BCUT2D eigenvalue weighted by atomic mass is 127. The Bertz CT molecular complexity index is 407. The quantitative estimate of drug-likeness (QED) is 0.688. The van der Waals surface area contributed by atoms with Gasteiger partial charge in [-0.25, -0.2) is 9.50 Å². The van der Waals surface area contributed by atoms with Crippen LogP contribution in [-0.2, 0) is 0 Å². The third-order valence-corrected chi connectivity index (χ3v) is 3.71. The molecule has 2 aromatic heterocycles. The summed E-state index contributed by atoms with van der Waals surface area (Å²) in [6, 6.07) is 0. The lowest BCUT2D eigenvalue weighted by atomic mass is 10.6. The van der Waals surface area contributed by atoms with Crippen molar-refractivity contribution in [3.8, 4) is 0 Å². The summed E-state index contributed by atoms with van der Waals surface area (Å²) in [5, 5.41) is 4.22. The fourth-order valence-corrected chi connectivity index (χ4v) is 2.69. The average Bonchev–Trinajstić information content (AvgIpc) is 2.37. The van der Waals surface area contributed by atoms with E-state index in [1.807, 2.05) is 11.4 Å². The zero-order valence-corrected chi connectivity index (χ0v) is 10.1. The fourth-order valence-electron chi connectivity index (χ4n) is 0.801. The Morgan fingerprint density at radius 3 is 3.00 bits per heavy atom. The van der Waals surface area contributed by atoms with Crippen LogP contribution in [0.3, 0.4) is 0 Å². The minimum absolute atomic E-state index is 0.875. The number of aryl methyl sites for hydroxylation is 1. The third-order valence-electron chi connectivity index (χ3n) is 1.35. The van der Waals surface area contributed by atoms with Crippen LogP contribution in [0.2, 0.25) is 0 Å². The molecule has 2 rings (SSSR count). The molecule has 0 fully saturated rings. The second-order valence-electron chi connectivity index (χ2n) is 2.04. The zero-order valence-electron chi connectivity index (χ0n) is 5.51. The van der Waals surface area contributed by atoms with Gasteiger partial charge < -0.3 is 0 Å². The predicted molar refractivity (Wildman–Crippen MR) is 56.0 cm³/mol. The van der Waals surface area contributed by atoms with Gasteiger partial charge in [-0.05, 0) is 45.4 Å². The van der Waals surface area contributed by atoms with Gasteiger partial charge in [0.25, 0.3) is 0 Å². The van der Waals surface area contributed by atoms with E-state index in [4.69, 9.17) is 0 Å². The topological polar surface area (TPSA) is 30.2 Å². The fraction of sp³-hybridized carbons (Fsp3) is 0.200. The van der Waals surface area contributed by atoms with E-state index in [1.54, 1.807) is 0 Å². The lowest BCUT2D eigenvalue weighted by Gasteiger charge is -1.84. The SMILES string of the molecule is Cc1c(I)nc2sc(Br)nn12. The number of rotatable bonds is 0. The zero-order chi connectivity index (χ0) is 8.01. The first-order valence-corrected chi connectivity index (χ1v) is 5.54. The number of hydrogen-bond donors (Lipinski definition) is 0. The summed E-state index contributed by atoms with van der Waals surface area (Å²) in [5.74, 6) is 0. The summed E-state index contributed by atoms with van der Waals surface area (Å²) in [5.41, 5.74) is 1.10. The minimum Gasteiger partial charge on any atom is -0.211 e. The second kappa shape index (κ2) is 2.67. The molecule has 0 unspecified atom stereocenters. The third kappa shape index (κ3) is 1.20. The molecule has 2 heterocycles. The van der Waals surface area contributed by atoms with Crippen molar-refractivity contribution >= 4 is 54.8 Å². The molecule has 0 saturated heterocycles. The largest absolute Gasteiger partial charge is 0.214 e. The number of halogens is 2. The molecule has 0 aliphatic carbocycles. The maximum atomic E-state index is 4.31. The molecular formula is C5H3BrIN3S.